The molecular weight excluding hydrogens is 386 g/mol. The molecule has 0 bridgehead atoms. The van der Waals surface area contributed by atoms with E-state index < -0.39 is 0 Å². The van der Waals surface area contributed by atoms with Crippen LogP contribution in [0, 0.1) is 0 Å². The van der Waals surface area contributed by atoms with Crippen LogP contribution >= 0.6 is 0 Å². The zero-order chi connectivity index (χ0) is 21.3. The van der Waals surface area contributed by atoms with E-state index in [-0.39, 0.29) is 12.0 Å². The average Bonchev–Trinajstić information content (AvgIpc) is 3.31. The standard InChI is InChI=1S/C22H27N3O5/c1-27-17-9-7-16(8-10-17)24-22(23-14-18-5-4-12-30-18)25-21(26)15-6-11-19(28-2)20(13-15)29-3/h6-11,13,18H,4-5,12,14H2,1-3H3,(H2,23,24,25,26)/t18-/m1/s1. The van der Waals surface area contributed by atoms with Gasteiger partial charge in [0, 0.05) is 17.9 Å². The number of rotatable bonds is 7. The Hall–Kier alpha value is -3.26. The summed E-state index contributed by atoms with van der Waals surface area (Å²) >= 11 is 0. The molecular formula is C22H27N3O5. The number of amides is 1. The second kappa shape index (κ2) is 10.5. The van der Waals surface area contributed by atoms with Gasteiger partial charge in [-0.3, -0.25) is 10.1 Å². The van der Waals surface area contributed by atoms with Crippen LogP contribution in [0.15, 0.2) is 47.5 Å². The third kappa shape index (κ3) is 5.64. The van der Waals surface area contributed by atoms with Crippen molar-refractivity contribution in [3.63, 3.8) is 0 Å². The third-order valence-corrected chi connectivity index (χ3v) is 4.71. The monoisotopic (exact) mass is 413 g/mol. The first-order chi connectivity index (χ1) is 14.6. The summed E-state index contributed by atoms with van der Waals surface area (Å²) in [6.07, 6.45) is 2.05. The number of carbonyl (C=O) groups is 1. The number of nitrogens with zero attached hydrogens (tertiary/aromatic N) is 1. The lowest BCUT2D eigenvalue weighted by molar-refractivity contribution is 0.0975. The molecule has 1 aliphatic heterocycles. The number of anilines is 1. The first-order valence-corrected chi connectivity index (χ1v) is 9.73. The maximum atomic E-state index is 12.8. The molecule has 1 amide bonds. The molecule has 0 aliphatic carbocycles. The molecule has 0 radical (unpaired) electrons. The van der Waals surface area contributed by atoms with Crippen molar-refractivity contribution in [2.75, 3.05) is 39.8 Å². The normalized spacial score (nSPS) is 16.1. The van der Waals surface area contributed by atoms with Crippen molar-refractivity contribution in [1.82, 2.24) is 5.32 Å². The van der Waals surface area contributed by atoms with Crippen LogP contribution in [0.4, 0.5) is 5.69 Å². The molecule has 1 aliphatic rings. The molecule has 0 aromatic heterocycles. The van der Waals surface area contributed by atoms with E-state index in [1.807, 2.05) is 24.3 Å². The summed E-state index contributed by atoms with van der Waals surface area (Å²) in [6.45, 7) is 1.21. The van der Waals surface area contributed by atoms with Crippen LogP contribution in [0.5, 0.6) is 17.2 Å². The molecule has 30 heavy (non-hydrogen) atoms. The molecule has 0 saturated carbocycles. The molecule has 160 valence electrons. The number of hydrogen-bond acceptors (Lipinski definition) is 6. The second-order valence-corrected chi connectivity index (χ2v) is 6.70. The smallest absolute Gasteiger partial charge is 0.258 e. The summed E-state index contributed by atoms with van der Waals surface area (Å²) in [5.41, 5.74) is 1.20. The van der Waals surface area contributed by atoms with E-state index in [0.29, 0.717) is 29.6 Å². The van der Waals surface area contributed by atoms with E-state index in [4.69, 9.17) is 18.9 Å². The van der Waals surface area contributed by atoms with E-state index in [0.717, 1.165) is 30.9 Å². The van der Waals surface area contributed by atoms with E-state index in [2.05, 4.69) is 15.6 Å². The van der Waals surface area contributed by atoms with E-state index in [9.17, 15) is 4.79 Å². The van der Waals surface area contributed by atoms with Crippen molar-refractivity contribution in [3.05, 3.63) is 48.0 Å². The van der Waals surface area contributed by atoms with Crippen molar-refractivity contribution < 1.29 is 23.7 Å². The van der Waals surface area contributed by atoms with Crippen molar-refractivity contribution in [2.45, 2.75) is 18.9 Å². The maximum Gasteiger partial charge on any atom is 0.258 e. The van der Waals surface area contributed by atoms with Gasteiger partial charge in [0.1, 0.15) is 5.75 Å². The number of aliphatic imine (C=N–C) groups is 1. The summed E-state index contributed by atoms with van der Waals surface area (Å²) < 4.78 is 21.3. The van der Waals surface area contributed by atoms with Gasteiger partial charge in [-0.15, -0.1) is 0 Å². The molecule has 0 spiro atoms. The number of hydrogen-bond donors (Lipinski definition) is 2. The van der Waals surface area contributed by atoms with Crippen molar-refractivity contribution >= 4 is 17.6 Å². The summed E-state index contributed by atoms with van der Waals surface area (Å²) in [5, 5.41) is 6.00. The SMILES string of the molecule is COc1ccc(NC(=NC[C@H]2CCCO2)NC(=O)c2ccc(OC)c(OC)c2)cc1. The van der Waals surface area contributed by atoms with Gasteiger partial charge in [0.05, 0.1) is 34.0 Å². The van der Waals surface area contributed by atoms with Gasteiger partial charge in [-0.1, -0.05) is 0 Å². The topological polar surface area (TPSA) is 90.4 Å². The lowest BCUT2D eigenvalue weighted by Crippen LogP contribution is -2.36. The van der Waals surface area contributed by atoms with Crippen LogP contribution in [0.1, 0.15) is 23.2 Å². The maximum absolute atomic E-state index is 12.8. The molecule has 0 unspecified atom stereocenters. The molecule has 1 heterocycles. The molecule has 8 heteroatoms. The fourth-order valence-corrected chi connectivity index (χ4v) is 3.06. The van der Waals surface area contributed by atoms with E-state index in [1.165, 1.54) is 7.11 Å². The van der Waals surface area contributed by atoms with Crippen LogP contribution in [-0.2, 0) is 4.74 Å². The predicted molar refractivity (Wildman–Crippen MR) is 115 cm³/mol. The van der Waals surface area contributed by atoms with Gasteiger partial charge < -0.3 is 24.3 Å². The van der Waals surface area contributed by atoms with E-state index in [1.54, 1.807) is 32.4 Å². The fourth-order valence-electron chi connectivity index (χ4n) is 3.06. The number of methoxy groups -OCH3 is 3. The number of guanidine groups is 1. The molecule has 2 aromatic carbocycles. The summed E-state index contributed by atoms with van der Waals surface area (Å²) in [7, 11) is 4.69. The van der Waals surface area contributed by atoms with E-state index >= 15 is 0 Å². The fraction of sp³-hybridized carbons (Fsp3) is 0.364. The molecule has 2 aromatic rings. The Morgan fingerprint density at radius 1 is 1.07 bits per heavy atom. The first-order valence-electron chi connectivity index (χ1n) is 9.73. The van der Waals surface area contributed by atoms with Gasteiger partial charge >= 0.3 is 0 Å². The highest BCUT2D eigenvalue weighted by Crippen LogP contribution is 2.27. The minimum Gasteiger partial charge on any atom is -0.497 e. The Kier molecular flexibility index (Phi) is 7.51. The van der Waals surface area contributed by atoms with Gasteiger partial charge in [0.25, 0.3) is 5.91 Å². The summed E-state index contributed by atoms with van der Waals surface area (Å²) in [5.74, 6) is 1.80. The van der Waals surface area contributed by atoms with Crippen LogP contribution in [0.2, 0.25) is 0 Å². The van der Waals surface area contributed by atoms with Crippen LogP contribution in [0.3, 0.4) is 0 Å². The molecule has 1 saturated heterocycles. The highest BCUT2D eigenvalue weighted by molar-refractivity contribution is 6.10. The highest BCUT2D eigenvalue weighted by atomic mass is 16.5. The first kappa shape index (κ1) is 21.4. The number of ether oxygens (including phenoxy) is 4. The number of benzene rings is 2. The Morgan fingerprint density at radius 2 is 1.83 bits per heavy atom. The van der Waals surface area contributed by atoms with Gasteiger partial charge in [0.2, 0.25) is 5.96 Å². The lowest BCUT2D eigenvalue weighted by Gasteiger charge is -2.14. The molecule has 3 rings (SSSR count). The Bertz CT molecular complexity index is 877. The third-order valence-electron chi connectivity index (χ3n) is 4.71. The number of carbonyl (C=O) groups excluding carboxylic acids is 1. The van der Waals surface area contributed by atoms with Crippen molar-refractivity contribution in [2.24, 2.45) is 4.99 Å². The highest BCUT2D eigenvalue weighted by Gasteiger charge is 2.17. The molecule has 8 nitrogen and oxygen atoms in total. The zero-order valence-corrected chi connectivity index (χ0v) is 17.4. The van der Waals surface area contributed by atoms with Crippen LogP contribution in [0.25, 0.3) is 0 Å². The summed E-state index contributed by atoms with van der Waals surface area (Å²) in [4.78, 5) is 17.4. The average molecular weight is 413 g/mol. The summed E-state index contributed by atoms with van der Waals surface area (Å²) in [6, 6.07) is 12.3. The minimum atomic E-state index is -0.317. The molecule has 1 fully saturated rings. The van der Waals surface area contributed by atoms with Crippen molar-refractivity contribution in [1.29, 1.82) is 0 Å². The minimum absolute atomic E-state index is 0.0654. The quantitative estimate of drug-likeness (QED) is 0.536. The Morgan fingerprint density at radius 3 is 2.47 bits per heavy atom. The molecule has 1 atom stereocenters. The molecule has 2 N–H and O–H groups in total. The predicted octanol–water partition coefficient (Wildman–Crippen LogP) is 3.09. The lowest BCUT2D eigenvalue weighted by atomic mass is 10.2. The van der Waals surface area contributed by atoms with Gasteiger partial charge in [-0.25, -0.2) is 4.99 Å². The van der Waals surface area contributed by atoms with Gasteiger partial charge in [-0.05, 0) is 55.3 Å². The zero-order valence-electron chi connectivity index (χ0n) is 17.4. The van der Waals surface area contributed by atoms with Gasteiger partial charge in [0.15, 0.2) is 11.5 Å². The Labute approximate surface area is 176 Å². The van der Waals surface area contributed by atoms with Crippen LogP contribution < -0.4 is 24.8 Å². The number of nitrogens with one attached hydrogen (secondary N) is 2. The van der Waals surface area contributed by atoms with Crippen LogP contribution in [-0.4, -0.2) is 52.5 Å². The second-order valence-electron chi connectivity index (χ2n) is 6.70. The Balaban J connectivity index is 1.76. The van der Waals surface area contributed by atoms with Gasteiger partial charge in [-0.2, -0.15) is 0 Å². The largest absolute Gasteiger partial charge is 0.497 e. The van der Waals surface area contributed by atoms with Crippen molar-refractivity contribution in [3.8, 4) is 17.2 Å².